The molecule has 0 radical (unpaired) electrons. The van der Waals surface area contributed by atoms with Crippen LogP contribution in [0.5, 0.6) is 0 Å². The summed E-state index contributed by atoms with van der Waals surface area (Å²) in [5, 5.41) is 3.65. The number of hydrogen-bond donors (Lipinski definition) is 1. The van der Waals surface area contributed by atoms with Crippen LogP contribution in [0.3, 0.4) is 0 Å². The zero-order chi connectivity index (χ0) is 9.83. The van der Waals surface area contributed by atoms with Crippen LogP contribution < -0.4 is 5.32 Å². The minimum absolute atomic E-state index is 0.525. The number of nitrogens with one attached hydrogen (secondary N) is 1. The third-order valence-electron chi connectivity index (χ3n) is 4.57. The van der Waals surface area contributed by atoms with Gasteiger partial charge in [0.15, 0.2) is 0 Å². The molecule has 2 heteroatoms. The average Bonchev–Trinajstić information content (AvgIpc) is 2.72. The molecule has 0 saturated heterocycles. The van der Waals surface area contributed by atoms with Crippen LogP contribution in [0.25, 0.3) is 0 Å². The first-order valence-corrected chi connectivity index (χ1v) is 6.21. The molecule has 3 aliphatic rings. The van der Waals surface area contributed by atoms with E-state index in [2.05, 4.69) is 11.4 Å². The maximum absolute atomic E-state index is 5.67. The number of fused-ring (bicyclic) bond motifs is 2. The van der Waals surface area contributed by atoms with Crippen molar-refractivity contribution in [2.75, 3.05) is 6.54 Å². The van der Waals surface area contributed by atoms with Crippen LogP contribution in [0, 0.1) is 17.8 Å². The molecule has 2 nitrogen and oxygen atoms in total. The van der Waals surface area contributed by atoms with Crippen molar-refractivity contribution >= 4 is 0 Å². The van der Waals surface area contributed by atoms with Crippen molar-refractivity contribution in [3.8, 4) is 0 Å². The molecular weight excluding hydrogens is 186 g/mol. The van der Waals surface area contributed by atoms with Crippen molar-refractivity contribution in [3.63, 3.8) is 0 Å². The van der Waals surface area contributed by atoms with E-state index < -0.39 is 0 Å². The molecule has 2 heterocycles. The predicted molar refractivity (Wildman–Crippen MR) is 57.5 cm³/mol. The number of rotatable bonds is 1. The van der Waals surface area contributed by atoms with Crippen molar-refractivity contribution in [1.82, 2.24) is 5.32 Å². The van der Waals surface area contributed by atoms with E-state index >= 15 is 0 Å². The lowest BCUT2D eigenvalue weighted by Crippen LogP contribution is -2.33. The highest BCUT2D eigenvalue weighted by molar-refractivity contribution is 5.24. The highest BCUT2D eigenvalue weighted by Gasteiger charge is 2.49. The SMILES string of the molecule is c1cc2c(o1)C(C1CC3CC3C1)NCC2. The topological polar surface area (TPSA) is 25.2 Å². The zero-order valence-corrected chi connectivity index (χ0v) is 8.91. The van der Waals surface area contributed by atoms with E-state index in [0.29, 0.717) is 6.04 Å². The maximum Gasteiger partial charge on any atom is 0.124 e. The van der Waals surface area contributed by atoms with Gasteiger partial charge >= 0.3 is 0 Å². The largest absolute Gasteiger partial charge is 0.467 e. The first-order valence-electron chi connectivity index (χ1n) is 6.21. The van der Waals surface area contributed by atoms with E-state index in [1.54, 1.807) is 0 Å². The van der Waals surface area contributed by atoms with Crippen LogP contribution in [0.4, 0.5) is 0 Å². The first kappa shape index (κ1) is 8.40. The Labute approximate surface area is 90.0 Å². The molecule has 80 valence electrons. The average molecular weight is 203 g/mol. The van der Waals surface area contributed by atoms with E-state index in [0.717, 1.165) is 30.7 Å². The normalized spacial score (nSPS) is 42.4. The molecule has 0 aromatic carbocycles. The van der Waals surface area contributed by atoms with Gasteiger partial charge in [-0.1, -0.05) is 0 Å². The highest BCUT2D eigenvalue weighted by atomic mass is 16.3. The molecular formula is C13H17NO. The second kappa shape index (κ2) is 2.88. The standard InChI is InChI=1S/C13H17NO/c1-3-14-12(13-8(1)2-4-15-13)11-6-9-5-10(9)7-11/h2,4,9-12,14H,1,3,5-7H2. The lowest BCUT2D eigenvalue weighted by Gasteiger charge is -2.28. The van der Waals surface area contributed by atoms with Crippen LogP contribution in [0.15, 0.2) is 16.7 Å². The fourth-order valence-electron chi connectivity index (χ4n) is 3.70. The molecule has 0 amide bonds. The van der Waals surface area contributed by atoms with Crippen LogP contribution in [-0.2, 0) is 6.42 Å². The summed E-state index contributed by atoms with van der Waals surface area (Å²) in [4.78, 5) is 0. The Kier molecular flexibility index (Phi) is 1.61. The Morgan fingerprint density at radius 3 is 2.80 bits per heavy atom. The molecule has 2 fully saturated rings. The van der Waals surface area contributed by atoms with Crippen molar-refractivity contribution in [3.05, 3.63) is 23.7 Å². The molecule has 1 aromatic heterocycles. The smallest absolute Gasteiger partial charge is 0.124 e. The molecule has 3 unspecified atom stereocenters. The third kappa shape index (κ3) is 1.21. The van der Waals surface area contributed by atoms with Crippen molar-refractivity contribution in [2.24, 2.45) is 17.8 Å². The molecule has 1 aromatic rings. The Morgan fingerprint density at radius 1 is 1.13 bits per heavy atom. The van der Waals surface area contributed by atoms with E-state index in [9.17, 15) is 0 Å². The van der Waals surface area contributed by atoms with Gasteiger partial charge in [-0.15, -0.1) is 0 Å². The van der Waals surface area contributed by atoms with Crippen LogP contribution in [0.2, 0.25) is 0 Å². The van der Waals surface area contributed by atoms with Gasteiger partial charge in [-0.2, -0.15) is 0 Å². The lowest BCUT2D eigenvalue weighted by molar-refractivity contribution is 0.282. The summed E-state index contributed by atoms with van der Waals surface area (Å²) in [7, 11) is 0. The monoisotopic (exact) mass is 203 g/mol. The molecule has 2 aliphatic carbocycles. The van der Waals surface area contributed by atoms with Gasteiger partial charge in [0.1, 0.15) is 5.76 Å². The van der Waals surface area contributed by atoms with Gasteiger partial charge in [0.25, 0.3) is 0 Å². The molecule has 2 saturated carbocycles. The van der Waals surface area contributed by atoms with Gasteiger partial charge < -0.3 is 9.73 Å². The molecule has 1 N–H and O–H groups in total. The van der Waals surface area contributed by atoms with Gasteiger partial charge in [-0.25, -0.2) is 0 Å². The van der Waals surface area contributed by atoms with Gasteiger partial charge in [0.05, 0.1) is 12.3 Å². The van der Waals surface area contributed by atoms with E-state index in [-0.39, 0.29) is 0 Å². The van der Waals surface area contributed by atoms with Crippen molar-refractivity contribution < 1.29 is 4.42 Å². The van der Waals surface area contributed by atoms with Gasteiger partial charge in [-0.3, -0.25) is 0 Å². The van der Waals surface area contributed by atoms with E-state index in [4.69, 9.17) is 4.42 Å². The molecule has 4 rings (SSSR count). The van der Waals surface area contributed by atoms with Crippen LogP contribution in [-0.4, -0.2) is 6.54 Å². The molecule has 1 aliphatic heterocycles. The van der Waals surface area contributed by atoms with Gasteiger partial charge in [0, 0.05) is 0 Å². The summed E-state index contributed by atoms with van der Waals surface area (Å²) in [6.45, 7) is 1.13. The van der Waals surface area contributed by atoms with Crippen LogP contribution >= 0.6 is 0 Å². The summed E-state index contributed by atoms with van der Waals surface area (Å²) in [5.41, 5.74) is 1.44. The molecule has 3 atom stereocenters. The summed E-state index contributed by atoms with van der Waals surface area (Å²) < 4.78 is 5.67. The second-order valence-electron chi connectivity index (χ2n) is 5.48. The van der Waals surface area contributed by atoms with Crippen molar-refractivity contribution in [2.45, 2.75) is 31.7 Å². The minimum Gasteiger partial charge on any atom is -0.467 e. The highest BCUT2D eigenvalue weighted by Crippen LogP contribution is 2.57. The Hall–Kier alpha value is -0.760. The maximum atomic E-state index is 5.67. The summed E-state index contributed by atoms with van der Waals surface area (Å²) in [6, 6.07) is 2.68. The lowest BCUT2D eigenvalue weighted by atomic mass is 9.88. The third-order valence-corrected chi connectivity index (χ3v) is 4.57. The Morgan fingerprint density at radius 2 is 1.93 bits per heavy atom. The number of furan rings is 1. The zero-order valence-electron chi connectivity index (χ0n) is 8.91. The predicted octanol–water partition coefficient (Wildman–Crippen LogP) is 2.51. The van der Waals surface area contributed by atoms with Gasteiger partial charge in [-0.05, 0) is 61.6 Å². The Bertz CT molecular complexity index is 374. The second-order valence-corrected chi connectivity index (χ2v) is 5.48. The Balaban J connectivity index is 1.62. The van der Waals surface area contributed by atoms with Gasteiger partial charge in [0.2, 0.25) is 0 Å². The quantitative estimate of drug-likeness (QED) is 0.758. The molecule has 15 heavy (non-hydrogen) atoms. The fourth-order valence-corrected chi connectivity index (χ4v) is 3.70. The molecule has 0 bridgehead atoms. The fraction of sp³-hybridized carbons (Fsp3) is 0.692. The number of hydrogen-bond acceptors (Lipinski definition) is 2. The van der Waals surface area contributed by atoms with Crippen molar-refractivity contribution in [1.29, 1.82) is 0 Å². The van der Waals surface area contributed by atoms with E-state index in [1.807, 2.05) is 6.26 Å². The minimum atomic E-state index is 0.525. The summed E-state index contributed by atoms with van der Waals surface area (Å²) in [5.74, 6) is 4.22. The first-order chi connectivity index (χ1) is 7.42. The summed E-state index contributed by atoms with van der Waals surface area (Å²) in [6.07, 6.45) is 7.38. The summed E-state index contributed by atoms with van der Waals surface area (Å²) >= 11 is 0. The van der Waals surface area contributed by atoms with Crippen LogP contribution in [0.1, 0.15) is 36.6 Å². The molecule has 0 spiro atoms. The van der Waals surface area contributed by atoms with E-state index in [1.165, 1.54) is 30.6 Å².